The number of nitrogens with one attached hydrogen (secondary N) is 1. The molecule has 0 spiro atoms. The lowest BCUT2D eigenvalue weighted by atomic mass is 9.89. The van der Waals surface area contributed by atoms with Crippen molar-refractivity contribution in [1.29, 1.82) is 0 Å². The lowest BCUT2D eigenvalue weighted by Crippen LogP contribution is -2.35. The number of hydrogen-bond donors (Lipinski definition) is 1. The average molecular weight is 334 g/mol. The number of hydrogen-bond acceptors (Lipinski definition) is 2. The number of alkyl halides is 1. The van der Waals surface area contributed by atoms with Gasteiger partial charge in [0.25, 0.3) is 0 Å². The minimum absolute atomic E-state index is 0.275. The van der Waals surface area contributed by atoms with Gasteiger partial charge in [-0.2, -0.15) is 11.8 Å². The molecule has 0 aromatic carbocycles. The van der Waals surface area contributed by atoms with E-state index in [4.69, 9.17) is 0 Å². The van der Waals surface area contributed by atoms with E-state index in [0.29, 0.717) is 16.7 Å². The molecule has 1 amide bonds. The minimum atomic E-state index is 0.275. The van der Waals surface area contributed by atoms with Crippen molar-refractivity contribution in [3.8, 4) is 0 Å². The molecule has 1 aliphatic carbocycles. The highest BCUT2D eigenvalue weighted by molar-refractivity contribution is 9.09. The molecule has 1 heterocycles. The fourth-order valence-corrected chi connectivity index (χ4v) is 4.90. The Morgan fingerprint density at radius 2 is 1.89 bits per heavy atom. The van der Waals surface area contributed by atoms with Gasteiger partial charge >= 0.3 is 0 Å². The fraction of sp³-hybridized carbons (Fsp3) is 0.929. The van der Waals surface area contributed by atoms with Crippen LogP contribution in [-0.4, -0.2) is 28.8 Å². The first-order valence-corrected chi connectivity index (χ1v) is 9.31. The zero-order chi connectivity index (χ0) is 12.8. The SMILES string of the molecule is O=C(CC1CCSCC1)NCC1CCCCC1Br. The normalized spacial score (nSPS) is 30.1. The van der Waals surface area contributed by atoms with Crippen LogP contribution in [0.25, 0.3) is 0 Å². The molecular weight excluding hydrogens is 310 g/mol. The molecule has 2 atom stereocenters. The van der Waals surface area contributed by atoms with Crippen molar-refractivity contribution in [2.24, 2.45) is 11.8 Å². The van der Waals surface area contributed by atoms with Crippen LogP contribution in [0.1, 0.15) is 44.9 Å². The zero-order valence-electron chi connectivity index (χ0n) is 11.0. The maximum absolute atomic E-state index is 11.9. The van der Waals surface area contributed by atoms with E-state index in [1.165, 1.54) is 50.0 Å². The van der Waals surface area contributed by atoms with Gasteiger partial charge < -0.3 is 5.32 Å². The van der Waals surface area contributed by atoms with E-state index in [9.17, 15) is 4.79 Å². The maximum atomic E-state index is 11.9. The fourth-order valence-electron chi connectivity index (χ4n) is 2.92. The van der Waals surface area contributed by atoms with E-state index in [0.717, 1.165) is 13.0 Å². The van der Waals surface area contributed by atoms with Crippen molar-refractivity contribution in [2.75, 3.05) is 18.1 Å². The van der Waals surface area contributed by atoms with Gasteiger partial charge in [-0.25, -0.2) is 0 Å². The predicted octanol–water partition coefficient (Wildman–Crippen LogP) is 3.59. The third-order valence-electron chi connectivity index (χ3n) is 4.19. The number of halogens is 1. The van der Waals surface area contributed by atoms with Crippen LogP contribution < -0.4 is 5.32 Å². The van der Waals surface area contributed by atoms with Crippen molar-refractivity contribution >= 4 is 33.6 Å². The Balaban J connectivity index is 1.64. The van der Waals surface area contributed by atoms with Gasteiger partial charge in [0.1, 0.15) is 0 Å². The van der Waals surface area contributed by atoms with Crippen molar-refractivity contribution in [3.05, 3.63) is 0 Å². The smallest absolute Gasteiger partial charge is 0.220 e. The van der Waals surface area contributed by atoms with E-state index in [1.54, 1.807) is 0 Å². The first-order chi connectivity index (χ1) is 8.75. The van der Waals surface area contributed by atoms with Gasteiger partial charge in [-0.15, -0.1) is 0 Å². The Labute approximate surface area is 123 Å². The highest BCUT2D eigenvalue weighted by Crippen LogP contribution is 2.29. The van der Waals surface area contributed by atoms with Crippen molar-refractivity contribution in [1.82, 2.24) is 5.32 Å². The second-order valence-corrected chi connectivity index (χ2v) is 8.03. The molecular formula is C14H24BrNOS. The van der Waals surface area contributed by atoms with Crippen LogP contribution in [-0.2, 0) is 4.79 Å². The molecule has 0 bridgehead atoms. The van der Waals surface area contributed by atoms with Gasteiger partial charge in [0, 0.05) is 17.8 Å². The largest absolute Gasteiger partial charge is 0.356 e. The average Bonchev–Trinajstić information content (AvgIpc) is 2.39. The van der Waals surface area contributed by atoms with Gasteiger partial charge in [0.2, 0.25) is 5.91 Å². The number of amides is 1. The summed E-state index contributed by atoms with van der Waals surface area (Å²) in [6.45, 7) is 0.871. The van der Waals surface area contributed by atoms with Crippen LogP contribution in [0.15, 0.2) is 0 Å². The zero-order valence-corrected chi connectivity index (χ0v) is 13.4. The molecule has 4 heteroatoms. The Bertz CT molecular complexity index is 269. The van der Waals surface area contributed by atoms with E-state index in [2.05, 4.69) is 21.2 Å². The van der Waals surface area contributed by atoms with Crippen LogP contribution in [0.4, 0.5) is 0 Å². The minimum Gasteiger partial charge on any atom is -0.356 e. The van der Waals surface area contributed by atoms with Crippen molar-refractivity contribution in [3.63, 3.8) is 0 Å². The molecule has 1 N–H and O–H groups in total. The summed E-state index contributed by atoms with van der Waals surface area (Å²) in [5.74, 6) is 4.04. The lowest BCUT2D eigenvalue weighted by molar-refractivity contribution is -0.122. The van der Waals surface area contributed by atoms with E-state index in [-0.39, 0.29) is 5.91 Å². The summed E-state index contributed by atoms with van der Waals surface area (Å²) in [7, 11) is 0. The standard InChI is InChI=1S/C14H24BrNOS/c15-13-4-2-1-3-12(13)10-16-14(17)9-11-5-7-18-8-6-11/h11-13H,1-10H2,(H,16,17). The highest BCUT2D eigenvalue weighted by atomic mass is 79.9. The third-order valence-corrected chi connectivity index (χ3v) is 6.45. The Morgan fingerprint density at radius 3 is 2.61 bits per heavy atom. The molecule has 1 saturated carbocycles. The van der Waals surface area contributed by atoms with E-state index >= 15 is 0 Å². The number of carbonyl (C=O) groups is 1. The summed E-state index contributed by atoms with van der Waals surface area (Å²) < 4.78 is 0. The second-order valence-electron chi connectivity index (χ2n) is 5.62. The van der Waals surface area contributed by atoms with Gasteiger partial charge in [0.05, 0.1) is 0 Å². The summed E-state index contributed by atoms with van der Waals surface area (Å²) in [5.41, 5.74) is 0. The molecule has 1 aliphatic heterocycles. The van der Waals surface area contributed by atoms with Gasteiger partial charge in [-0.3, -0.25) is 4.79 Å². The first kappa shape index (κ1) is 14.7. The topological polar surface area (TPSA) is 29.1 Å². The maximum Gasteiger partial charge on any atom is 0.220 e. The monoisotopic (exact) mass is 333 g/mol. The summed E-state index contributed by atoms with van der Waals surface area (Å²) in [6, 6.07) is 0. The molecule has 18 heavy (non-hydrogen) atoms. The van der Waals surface area contributed by atoms with Crippen molar-refractivity contribution in [2.45, 2.75) is 49.8 Å². The van der Waals surface area contributed by atoms with E-state index in [1.807, 2.05) is 11.8 Å². The Kier molecular flexibility index (Phi) is 6.36. The summed E-state index contributed by atoms with van der Waals surface area (Å²) in [4.78, 5) is 12.5. The highest BCUT2D eigenvalue weighted by Gasteiger charge is 2.23. The van der Waals surface area contributed by atoms with Crippen LogP contribution in [0, 0.1) is 11.8 Å². The first-order valence-electron chi connectivity index (χ1n) is 7.24. The third kappa shape index (κ3) is 4.76. The molecule has 104 valence electrons. The number of rotatable bonds is 4. The summed E-state index contributed by atoms with van der Waals surface area (Å²) in [5, 5.41) is 3.15. The van der Waals surface area contributed by atoms with Gasteiger partial charge in [0.15, 0.2) is 0 Å². The van der Waals surface area contributed by atoms with Crippen LogP contribution in [0.2, 0.25) is 0 Å². The molecule has 1 saturated heterocycles. The molecule has 0 radical (unpaired) electrons. The van der Waals surface area contributed by atoms with E-state index < -0.39 is 0 Å². The van der Waals surface area contributed by atoms with Crippen LogP contribution in [0.5, 0.6) is 0 Å². The van der Waals surface area contributed by atoms with Gasteiger partial charge in [-0.1, -0.05) is 28.8 Å². The molecule has 2 aliphatic rings. The molecule has 0 aromatic rings. The number of thioether (sulfide) groups is 1. The quantitative estimate of drug-likeness (QED) is 0.796. The van der Waals surface area contributed by atoms with Gasteiger partial charge in [-0.05, 0) is 49.0 Å². The summed E-state index contributed by atoms with van der Waals surface area (Å²) >= 11 is 5.77. The molecule has 0 aromatic heterocycles. The molecule has 2 rings (SSSR count). The summed E-state index contributed by atoms with van der Waals surface area (Å²) in [6.07, 6.45) is 8.38. The molecule has 2 fully saturated rings. The molecule has 2 unspecified atom stereocenters. The lowest BCUT2D eigenvalue weighted by Gasteiger charge is -2.28. The van der Waals surface area contributed by atoms with Crippen molar-refractivity contribution < 1.29 is 4.79 Å². The Morgan fingerprint density at radius 1 is 1.17 bits per heavy atom. The predicted molar refractivity (Wildman–Crippen MR) is 82.3 cm³/mol. The Hall–Kier alpha value is 0.300. The molecule has 2 nitrogen and oxygen atoms in total. The van der Waals surface area contributed by atoms with Crippen LogP contribution in [0.3, 0.4) is 0 Å². The second kappa shape index (κ2) is 7.78. The number of carbonyl (C=O) groups excluding carboxylic acids is 1. The van der Waals surface area contributed by atoms with Crippen LogP contribution >= 0.6 is 27.7 Å².